The van der Waals surface area contributed by atoms with Gasteiger partial charge in [0.15, 0.2) is 0 Å². The zero-order chi connectivity index (χ0) is 24.3. The van der Waals surface area contributed by atoms with Gasteiger partial charge in [0.1, 0.15) is 6.26 Å². The molecule has 2 N–H and O–H groups in total. The van der Waals surface area contributed by atoms with Gasteiger partial charge in [-0.05, 0) is 61.4 Å². The van der Waals surface area contributed by atoms with Crippen LogP contribution in [-0.2, 0) is 11.0 Å². The van der Waals surface area contributed by atoms with Crippen molar-refractivity contribution in [2.24, 2.45) is 0 Å². The van der Waals surface area contributed by atoms with Crippen molar-refractivity contribution >= 4 is 34.8 Å². The van der Waals surface area contributed by atoms with Crippen molar-refractivity contribution < 1.29 is 32.0 Å². The van der Waals surface area contributed by atoms with Crippen molar-refractivity contribution in [3.8, 4) is 0 Å². The number of hydrogen-bond acceptors (Lipinski definition) is 4. The molecule has 3 amide bonds. The molecule has 3 aromatic rings. The van der Waals surface area contributed by atoms with Crippen LogP contribution in [0.25, 0.3) is 0 Å². The van der Waals surface area contributed by atoms with Gasteiger partial charge in [0.05, 0.1) is 23.1 Å². The van der Waals surface area contributed by atoms with Gasteiger partial charge < -0.3 is 20.0 Å². The second kappa shape index (κ2) is 9.42. The quantitative estimate of drug-likeness (QED) is 0.527. The summed E-state index contributed by atoms with van der Waals surface area (Å²) >= 11 is 0. The summed E-state index contributed by atoms with van der Waals surface area (Å²) in [6.07, 6.45) is -0.166. The molecule has 34 heavy (non-hydrogen) atoms. The first kappa shape index (κ1) is 23.1. The Labute approximate surface area is 192 Å². The average Bonchev–Trinajstić information content (AvgIpc) is 3.35. The summed E-state index contributed by atoms with van der Waals surface area (Å²) in [6, 6.07) is 10.6. The molecular weight excluding hydrogens is 451 g/mol. The minimum absolute atomic E-state index is 0.00165. The van der Waals surface area contributed by atoms with E-state index in [9.17, 15) is 27.6 Å². The Bertz CT molecular complexity index is 1210. The maximum Gasteiger partial charge on any atom is 0.418 e. The lowest BCUT2D eigenvalue weighted by Crippen LogP contribution is -2.35. The standard InChI is InChI=1S/C24H20F3N3O4/c25-24(26,27)19-13-17(28-23(33)16-10-12-34-14-16)6-9-20(19)29-22(32)15-4-7-18(8-5-15)30-11-2-1-3-21(30)31/h4-10,12-14H,1-3,11H2,(H,28,33)(H,29,32). The maximum absolute atomic E-state index is 13.7. The van der Waals surface area contributed by atoms with Crippen LogP contribution in [0.15, 0.2) is 65.5 Å². The number of furan rings is 1. The highest BCUT2D eigenvalue weighted by atomic mass is 19.4. The number of nitrogens with zero attached hydrogens (tertiary/aromatic N) is 1. The van der Waals surface area contributed by atoms with E-state index in [1.165, 1.54) is 36.8 Å². The largest absolute Gasteiger partial charge is 0.472 e. The minimum atomic E-state index is -4.78. The smallest absolute Gasteiger partial charge is 0.418 e. The molecule has 176 valence electrons. The summed E-state index contributed by atoms with van der Waals surface area (Å²) < 4.78 is 45.8. The van der Waals surface area contributed by atoms with Gasteiger partial charge in [0, 0.05) is 29.9 Å². The molecule has 4 rings (SSSR count). The molecule has 7 nitrogen and oxygen atoms in total. The predicted molar refractivity (Wildman–Crippen MR) is 119 cm³/mol. The number of piperidine rings is 1. The van der Waals surface area contributed by atoms with Crippen LogP contribution in [0.5, 0.6) is 0 Å². The number of carbonyl (C=O) groups is 3. The molecule has 0 aliphatic carbocycles. The Hall–Kier alpha value is -4.08. The van der Waals surface area contributed by atoms with E-state index >= 15 is 0 Å². The summed E-state index contributed by atoms with van der Waals surface area (Å²) in [6.45, 7) is 0.586. The maximum atomic E-state index is 13.7. The second-order valence-electron chi connectivity index (χ2n) is 7.73. The molecule has 1 saturated heterocycles. The van der Waals surface area contributed by atoms with Crippen molar-refractivity contribution in [2.75, 3.05) is 22.1 Å². The van der Waals surface area contributed by atoms with E-state index in [0.717, 1.165) is 25.0 Å². The summed E-state index contributed by atoms with van der Waals surface area (Å²) in [7, 11) is 0. The number of benzene rings is 2. The topological polar surface area (TPSA) is 91.7 Å². The van der Waals surface area contributed by atoms with Crippen molar-refractivity contribution in [1.82, 2.24) is 0 Å². The van der Waals surface area contributed by atoms with Gasteiger partial charge in [-0.25, -0.2) is 0 Å². The first-order chi connectivity index (χ1) is 16.2. The number of halogens is 3. The van der Waals surface area contributed by atoms with E-state index in [4.69, 9.17) is 4.42 Å². The van der Waals surface area contributed by atoms with Crippen LogP contribution in [0.4, 0.5) is 30.2 Å². The van der Waals surface area contributed by atoms with Crippen molar-refractivity contribution in [3.05, 3.63) is 77.7 Å². The summed E-state index contributed by atoms with van der Waals surface area (Å²) in [4.78, 5) is 38.4. The lowest BCUT2D eigenvalue weighted by Gasteiger charge is -2.26. The summed E-state index contributed by atoms with van der Waals surface area (Å²) in [5, 5.41) is 4.65. The fourth-order valence-electron chi connectivity index (χ4n) is 3.63. The second-order valence-corrected chi connectivity index (χ2v) is 7.73. The molecule has 1 aromatic heterocycles. The molecule has 0 unspecified atom stereocenters. The van der Waals surface area contributed by atoms with Crippen molar-refractivity contribution in [1.29, 1.82) is 0 Å². The zero-order valence-electron chi connectivity index (χ0n) is 17.8. The zero-order valence-corrected chi connectivity index (χ0v) is 17.8. The molecule has 1 fully saturated rings. The normalized spacial score (nSPS) is 14.1. The van der Waals surface area contributed by atoms with Gasteiger partial charge in [-0.2, -0.15) is 13.2 Å². The first-order valence-corrected chi connectivity index (χ1v) is 10.5. The number of amides is 3. The van der Waals surface area contributed by atoms with E-state index in [2.05, 4.69) is 10.6 Å². The Morgan fingerprint density at radius 3 is 2.29 bits per heavy atom. The highest BCUT2D eigenvalue weighted by Gasteiger charge is 2.34. The number of anilines is 3. The molecule has 10 heteroatoms. The first-order valence-electron chi connectivity index (χ1n) is 10.5. The highest BCUT2D eigenvalue weighted by Crippen LogP contribution is 2.37. The number of nitrogens with one attached hydrogen (secondary N) is 2. The molecular formula is C24H20F3N3O4. The van der Waals surface area contributed by atoms with Gasteiger partial charge in [-0.3, -0.25) is 14.4 Å². The third kappa shape index (κ3) is 5.11. The molecule has 0 spiro atoms. The molecule has 0 atom stereocenters. The third-order valence-electron chi connectivity index (χ3n) is 5.38. The van der Waals surface area contributed by atoms with Crippen LogP contribution in [0, 0.1) is 0 Å². The van der Waals surface area contributed by atoms with E-state index in [1.54, 1.807) is 17.0 Å². The lowest BCUT2D eigenvalue weighted by atomic mass is 10.1. The van der Waals surface area contributed by atoms with Gasteiger partial charge in [0.2, 0.25) is 5.91 Å². The number of rotatable bonds is 5. The van der Waals surface area contributed by atoms with Crippen LogP contribution < -0.4 is 15.5 Å². The van der Waals surface area contributed by atoms with Crippen molar-refractivity contribution in [3.63, 3.8) is 0 Å². The summed E-state index contributed by atoms with van der Waals surface area (Å²) in [5.74, 6) is -1.37. The van der Waals surface area contributed by atoms with Gasteiger partial charge in [-0.15, -0.1) is 0 Å². The molecule has 0 bridgehead atoms. The van der Waals surface area contributed by atoms with E-state index in [0.29, 0.717) is 18.7 Å². The third-order valence-corrected chi connectivity index (χ3v) is 5.38. The predicted octanol–water partition coefficient (Wildman–Crippen LogP) is 5.32. The van der Waals surface area contributed by atoms with Crippen LogP contribution in [0.3, 0.4) is 0 Å². The van der Waals surface area contributed by atoms with E-state index < -0.39 is 29.2 Å². The molecule has 1 aliphatic rings. The number of hydrogen-bond donors (Lipinski definition) is 2. The fraction of sp³-hybridized carbons (Fsp3) is 0.208. The molecule has 2 aromatic carbocycles. The van der Waals surface area contributed by atoms with Crippen molar-refractivity contribution in [2.45, 2.75) is 25.4 Å². The lowest BCUT2D eigenvalue weighted by molar-refractivity contribution is -0.136. The Morgan fingerprint density at radius 1 is 0.912 bits per heavy atom. The molecule has 1 aliphatic heterocycles. The van der Waals surface area contributed by atoms with Gasteiger partial charge in [0.25, 0.3) is 11.8 Å². The van der Waals surface area contributed by atoms with Crippen LogP contribution >= 0.6 is 0 Å². The SMILES string of the molecule is O=C(Nc1ccc(NC(=O)c2ccc(N3CCCCC3=O)cc2)c(C(F)(F)F)c1)c1ccoc1. The summed E-state index contributed by atoms with van der Waals surface area (Å²) in [5.41, 5.74) is -0.725. The Morgan fingerprint density at radius 2 is 1.65 bits per heavy atom. The Kier molecular flexibility index (Phi) is 6.40. The van der Waals surface area contributed by atoms with Crippen LogP contribution in [0.2, 0.25) is 0 Å². The van der Waals surface area contributed by atoms with E-state index in [1.807, 2.05) is 0 Å². The number of alkyl halides is 3. The van der Waals surface area contributed by atoms with Gasteiger partial charge >= 0.3 is 6.18 Å². The monoisotopic (exact) mass is 471 g/mol. The molecule has 0 radical (unpaired) electrons. The Balaban J connectivity index is 1.51. The fourth-order valence-corrected chi connectivity index (χ4v) is 3.63. The molecule has 0 saturated carbocycles. The van der Waals surface area contributed by atoms with Crippen LogP contribution in [0.1, 0.15) is 45.5 Å². The highest BCUT2D eigenvalue weighted by molar-refractivity contribution is 6.06. The van der Waals surface area contributed by atoms with E-state index in [-0.39, 0.29) is 22.7 Å². The van der Waals surface area contributed by atoms with Gasteiger partial charge in [-0.1, -0.05) is 0 Å². The van der Waals surface area contributed by atoms with Crippen LogP contribution in [-0.4, -0.2) is 24.3 Å². The minimum Gasteiger partial charge on any atom is -0.472 e. The number of carbonyl (C=O) groups excluding carboxylic acids is 3. The average molecular weight is 471 g/mol. The molecule has 2 heterocycles.